The zero-order valence-corrected chi connectivity index (χ0v) is 10.5. The number of ether oxygens (including phenoxy) is 1. The lowest BCUT2D eigenvalue weighted by Gasteiger charge is -2.22. The lowest BCUT2D eigenvalue weighted by molar-refractivity contribution is 0.196. The van der Waals surface area contributed by atoms with E-state index in [9.17, 15) is 5.11 Å². The van der Waals surface area contributed by atoms with Gasteiger partial charge in [-0.1, -0.05) is 17.7 Å². The second kappa shape index (κ2) is 6.74. The summed E-state index contributed by atoms with van der Waals surface area (Å²) in [6, 6.07) is 5.52. The molecule has 1 rings (SSSR count). The van der Waals surface area contributed by atoms with Gasteiger partial charge in [0.25, 0.3) is 0 Å². The van der Waals surface area contributed by atoms with Gasteiger partial charge in [0.05, 0.1) is 6.61 Å². The Hall–Kier alpha value is -0.770. The fourth-order valence-electron chi connectivity index (χ4n) is 1.59. The molecule has 0 radical (unpaired) electrons. The molecule has 0 aliphatic rings. The second-order valence-electron chi connectivity index (χ2n) is 3.70. The molecule has 0 heterocycles. The summed E-state index contributed by atoms with van der Waals surface area (Å²) in [4.78, 5) is 2.08. The quantitative estimate of drug-likeness (QED) is 0.779. The van der Waals surface area contributed by atoms with E-state index in [2.05, 4.69) is 4.90 Å². The van der Waals surface area contributed by atoms with Gasteiger partial charge in [0, 0.05) is 43.6 Å². The van der Waals surface area contributed by atoms with E-state index in [-0.39, 0.29) is 6.61 Å². The van der Waals surface area contributed by atoms with Crippen LogP contribution in [0.25, 0.3) is 0 Å². The van der Waals surface area contributed by atoms with Crippen molar-refractivity contribution < 1.29 is 9.84 Å². The molecule has 0 atom stereocenters. The Morgan fingerprint density at radius 1 is 1.44 bits per heavy atom. The molecular formula is C12H18ClNO2. The highest BCUT2D eigenvalue weighted by Gasteiger charge is 2.07. The van der Waals surface area contributed by atoms with E-state index in [0.717, 1.165) is 30.8 Å². The minimum atomic E-state index is 0.0289. The summed E-state index contributed by atoms with van der Waals surface area (Å²) in [5.41, 5.74) is 1.87. The maximum Gasteiger partial charge on any atom is 0.0702 e. The fourth-order valence-corrected chi connectivity index (χ4v) is 1.76. The minimum Gasteiger partial charge on any atom is -0.392 e. The summed E-state index contributed by atoms with van der Waals surface area (Å²) in [6.45, 7) is 1.64. The average Bonchev–Trinajstić information content (AvgIpc) is 2.29. The Bertz CT molecular complexity index is 331. The van der Waals surface area contributed by atoms with Gasteiger partial charge in [-0.25, -0.2) is 0 Å². The Kier molecular flexibility index (Phi) is 5.60. The normalized spacial score (nSPS) is 10.5. The van der Waals surface area contributed by atoms with Crippen LogP contribution in [0.5, 0.6) is 0 Å². The van der Waals surface area contributed by atoms with Gasteiger partial charge in [-0.2, -0.15) is 0 Å². The van der Waals surface area contributed by atoms with Crippen LogP contribution < -0.4 is 4.90 Å². The topological polar surface area (TPSA) is 32.7 Å². The molecule has 4 heteroatoms. The number of aliphatic hydroxyl groups excluding tert-OH is 1. The zero-order chi connectivity index (χ0) is 12.0. The number of anilines is 1. The van der Waals surface area contributed by atoms with Gasteiger partial charge < -0.3 is 14.7 Å². The summed E-state index contributed by atoms with van der Waals surface area (Å²) >= 11 is 5.95. The average molecular weight is 244 g/mol. The first-order chi connectivity index (χ1) is 7.69. The molecule has 16 heavy (non-hydrogen) atoms. The molecule has 0 spiro atoms. The van der Waals surface area contributed by atoms with Crippen LogP contribution in [0.15, 0.2) is 18.2 Å². The maximum absolute atomic E-state index is 9.24. The summed E-state index contributed by atoms with van der Waals surface area (Å²) < 4.78 is 5.01. The predicted molar refractivity (Wildman–Crippen MR) is 67.1 cm³/mol. The molecule has 0 aliphatic heterocycles. The lowest BCUT2D eigenvalue weighted by Crippen LogP contribution is -2.21. The molecule has 90 valence electrons. The molecule has 1 N–H and O–H groups in total. The summed E-state index contributed by atoms with van der Waals surface area (Å²) in [7, 11) is 3.68. The first kappa shape index (κ1) is 13.3. The first-order valence-corrected chi connectivity index (χ1v) is 5.66. The van der Waals surface area contributed by atoms with Crippen LogP contribution in [0.4, 0.5) is 5.69 Å². The third-order valence-corrected chi connectivity index (χ3v) is 2.71. The van der Waals surface area contributed by atoms with Crippen LogP contribution in [0.1, 0.15) is 12.0 Å². The van der Waals surface area contributed by atoms with Crippen LogP contribution in [-0.2, 0) is 11.3 Å². The van der Waals surface area contributed by atoms with Gasteiger partial charge in [0.1, 0.15) is 0 Å². The molecule has 0 bridgehead atoms. The van der Waals surface area contributed by atoms with E-state index in [4.69, 9.17) is 16.3 Å². The van der Waals surface area contributed by atoms with Crippen LogP contribution >= 0.6 is 11.6 Å². The number of hydrogen-bond donors (Lipinski definition) is 1. The molecule has 1 aromatic rings. The van der Waals surface area contributed by atoms with Crippen molar-refractivity contribution in [3.8, 4) is 0 Å². The van der Waals surface area contributed by atoms with E-state index in [1.807, 2.05) is 19.2 Å². The lowest BCUT2D eigenvalue weighted by atomic mass is 10.1. The van der Waals surface area contributed by atoms with Crippen molar-refractivity contribution in [3.05, 3.63) is 28.8 Å². The van der Waals surface area contributed by atoms with E-state index in [1.165, 1.54) is 0 Å². The number of halogens is 1. The highest BCUT2D eigenvalue weighted by atomic mass is 35.5. The zero-order valence-electron chi connectivity index (χ0n) is 9.74. The number of methoxy groups -OCH3 is 1. The third kappa shape index (κ3) is 3.67. The number of rotatable bonds is 6. The maximum atomic E-state index is 9.24. The Morgan fingerprint density at radius 3 is 2.81 bits per heavy atom. The van der Waals surface area contributed by atoms with Gasteiger partial charge in [-0.05, 0) is 18.6 Å². The van der Waals surface area contributed by atoms with Gasteiger partial charge in [-0.15, -0.1) is 0 Å². The van der Waals surface area contributed by atoms with Crippen molar-refractivity contribution in [2.24, 2.45) is 0 Å². The van der Waals surface area contributed by atoms with Crippen molar-refractivity contribution >= 4 is 17.3 Å². The van der Waals surface area contributed by atoms with Crippen molar-refractivity contribution in [3.63, 3.8) is 0 Å². The molecule has 0 unspecified atom stereocenters. The number of aliphatic hydroxyl groups is 1. The summed E-state index contributed by atoms with van der Waals surface area (Å²) in [5.74, 6) is 0. The predicted octanol–water partition coefficient (Wildman–Crippen LogP) is 2.31. The Labute approximate surface area is 102 Å². The second-order valence-corrected chi connectivity index (χ2v) is 4.14. The number of nitrogens with zero attached hydrogens (tertiary/aromatic N) is 1. The van der Waals surface area contributed by atoms with Crippen LogP contribution in [0.2, 0.25) is 5.02 Å². The number of hydrogen-bond acceptors (Lipinski definition) is 3. The molecule has 3 nitrogen and oxygen atoms in total. The molecule has 0 saturated carbocycles. The molecule has 0 saturated heterocycles. The third-order valence-electron chi connectivity index (χ3n) is 2.47. The van der Waals surface area contributed by atoms with E-state index in [0.29, 0.717) is 5.02 Å². The van der Waals surface area contributed by atoms with Gasteiger partial charge in [0.15, 0.2) is 0 Å². The largest absolute Gasteiger partial charge is 0.392 e. The van der Waals surface area contributed by atoms with Crippen molar-refractivity contribution in [2.75, 3.05) is 32.2 Å². The monoisotopic (exact) mass is 243 g/mol. The van der Waals surface area contributed by atoms with Crippen LogP contribution in [-0.4, -0.2) is 32.4 Å². The van der Waals surface area contributed by atoms with E-state index < -0.39 is 0 Å². The minimum absolute atomic E-state index is 0.0289. The van der Waals surface area contributed by atoms with Crippen molar-refractivity contribution in [1.29, 1.82) is 0 Å². The van der Waals surface area contributed by atoms with Crippen molar-refractivity contribution in [1.82, 2.24) is 0 Å². The van der Waals surface area contributed by atoms with Crippen molar-refractivity contribution in [2.45, 2.75) is 13.0 Å². The van der Waals surface area contributed by atoms with Gasteiger partial charge in [0.2, 0.25) is 0 Å². The SMILES string of the molecule is COCCCN(C)c1cc(Cl)ccc1CO. The van der Waals surface area contributed by atoms with E-state index in [1.54, 1.807) is 13.2 Å². The molecule has 0 fully saturated rings. The summed E-state index contributed by atoms with van der Waals surface area (Å²) in [5, 5.41) is 9.92. The molecule has 0 amide bonds. The highest BCUT2D eigenvalue weighted by Crippen LogP contribution is 2.24. The smallest absolute Gasteiger partial charge is 0.0702 e. The summed E-state index contributed by atoms with van der Waals surface area (Å²) in [6.07, 6.45) is 0.949. The molecule has 0 aliphatic carbocycles. The van der Waals surface area contributed by atoms with Gasteiger partial charge >= 0.3 is 0 Å². The molecule has 1 aromatic carbocycles. The molecule has 0 aromatic heterocycles. The van der Waals surface area contributed by atoms with Gasteiger partial charge in [-0.3, -0.25) is 0 Å². The standard InChI is InChI=1S/C12H18ClNO2/c1-14(6-3-7-16-2)12-8-11(13)5-4-10(12)9-15/h4-5,8,15H,3,6-7,9H2,1-2H3. The van der Waals surface area contributed by atoms with Crippen LogP contribution in [0.3, 0.4) is 0 Å². The Morgan fingerprint density at radius 2 is 2.19 bits per heavy atom. The van der Waals surface area contributed by atoms with Crippen LogP contribution in [0, 0.1) is 0 Å². The first-order valence-electron chi connectivity index (χ1n) is 5.28. The van der Waals surface area contributed by atoms with E-state index >= 15 is 0 Å². The highest BCUT2D eigenvalue weighted by molar-refractivity contribution is 6.30. The molecular weight excluding hydrogens is 226 g/mol. The Balaban J connectivity index is 2.72. The fraction of sp³-hybridized carbons (Fsp3) is 0.500. The number of benzene rings is 1.